The van der Waals surface area contributed by atoms with Crippen LogP contribution in [0.3, 0.4) is 0 Å². The molecule has 0 saturated carbocycles. The highest BCUT2D eigenvalue weighted by molar-refractivity contribution is 7.92. The lowest BCUT2D eigenvalue weighted by Crippen LogP contribution is -2.37. The first-order chi connectivity index (χ1) is 15.1. The number of amides is 3. The lowest BCUT2D eigenvalue weighted by molar-refractivity contribution is -0.117. The molecule has 170 valence electrons. The zero-order valence-corrected chi connectivity index (χ0v) is 19.1. The van der Waals surface area contributed by atoms with Crippen LogP contribution in [-0.4, -0.2) is 64.5 Å². The van der Waals surface area contributed by atoms with Gasteiger partial charge in [-0.2, -0.15) is 0 Å². The van der Waals surface area contributed by atoms with Crippen LogP contribution in [0.2, 0.25) is 0 Å². The summed E-state index contributed by atoms with van der Waals surface area (Å²) in [5.41, 5.74) is 1.94. The van der Waals surface area contributed by atoms with Gasteiger partial charge >= 0.3 is 0 Å². The average Bonchev–Trinajstić information content (AvgIpc) is 3.17. The monoisotopic (exact) mass is 458 g/mol. The minimum atomic E-state index is -3.75. The van der Waals surface area contributed by atoms with Crippen molar-refractivity contribution in [2.45, 2.75) is 12.8 Å². The molecule has 32 heavy (non-hydrogen) atoms. The average molecular weight is 459 g/mol. The van der Waals surface area contributed by atoms with Crippen molar-refractivity contribution in [2.24, 2.45) is 0 Å². The van der Waals surface area contributed by atoms with Gasteiger partial charge in [0.25, 0.3) is 5.91 Å². The third-order valence-corrected chi connectivity index (χ3v) is 6.17. The van der Waals surface area contributed by atoms with Gasteiger partial charge in [0.05, 0.1) is 11.9 Å². The zero-order chi connectivity index (χ0) is 23.5. The molecule has 0 spiro atoms. The van der Waals surface area contributed by atoms with Gasteiger partial charge in [-0.3, -0.25) is 18.7 Å². The van der Waals surface area contributed by atoms with E-state index in [9.17, 15) is 22.8 Å². The molecule has 2 aromatic rings. The first-order valence-corrected chi connectivity index (χ1v) is 11.9. The summed E-state index contributed by atoms with van der Waals surface area (Å²) in [5, 5.41) is 2.68. The molecule has 0 aliphatic carbocycles. The Hall–Kier alpha value is -3.40. The topological polar surface area (TPSA) is 107 Å². The van der Waals surface area contributed by atoms with E-state index in [1.807, 2.05) is 0 Å². The van der Waals surface area contributed by atoms with Crippen LogP contribution in [0, 0.1) is 0 Å². The molecule has 3 amide bonds. The molecule has 1 N–H and O–H groups in total. The van der Waals surface area contributed by atoms with Gasteiger partial charge < -0.3 is 15.1 Å². The van der Waals surface area contributed by atoms with Crippen LogP contribution in [0.25, 0.3) is 0 Å². The second-order valence-corrected chi connectivity index (χ2v) is 9.67. The van der Waals surface area contributed by atoms with Gasteiger partial charge in [-0.1, -0.05) is 0 Å². The van der Waals surface area contributed by atoms with Gasteiger partial charge in [0.2, 0.25) is 21.8 Å². The van der Waals surface area contributed by atoms with Crippen LogP contribution in [-0.2, 0) is 19.6 Å². The molecule has 1 heterocycles. The highest BCUT2D eigenvalue weighted by Crippen LogP contribution is 2.23. The van der Waals surface area contributed by atoms with Crippen LogP contribution in [0.15, 0.2) is 48.5 Å². The van der Waals surface area contributed by atoms with Crippen molar-refractivity contribution in [3.8, 4) is 0 Å². The van der Waals surface area contributed by atoms with Crippen molar-refractivity contribution in [1.82, 2.24) is 4.90 Å². The fraction of sp³-hybridized carbons (Fsp3) is 0.318. The van der Waals surface area contributed by atoms with E-state index in [4.69, 9.17) is 0 Å². The first-order valence-electron chi connectivity index (χ1n) is 10.1. The maximum Gasteiger partial charge on any atom is 0.253 e. The molecule has 0 aromatic heterocycles. The maximum absolute atomic E-state index is 12.6. The third kappa shape index (κ3) is 5.44. The normalized spacial score (nSPS) is 13.7. The molecule has 1 aliphatic heterocycles. The van der Waals surface area contributed by atoms with Gasteiger partial charge in [-0.15, -0.1) is 0 Å². The summed E-state index contributed by atoms with van der Waals surface area (Å²) in [6, 6.07) is 12.9. The fourth-order valence-electron chi connectivity index (χ4n) is 3.41. The second-order valence-electron chi connectivity index (χ2n) is 7.76. The van der Waals surface area contributed by atoms with Gasteiger partial charge in [0.1, 0.15) is 6.54 Å². The van der Waals surface area contributed by atoms with Crippen LogP contribution < -0.4 is 14.5 Å². The minimum absolute atomic E-state index is 0.0730. The molecule has 1 aliphatic rings. The molecule has 0 unspecified atom stereocenters. The molecule has 0 atom stereocenters. The lowest BCUT2D eigenvalue weighted by atomic mass is 10.2. The summed E-state index contributed by atoms with van der Waals surface area (Å²) in [6.45, 7) is 0.249. The van der Waals surface area contributed by atoms with Gasteiger partial charge in [0, 0.05) is 44.0 Å². The molecular formula is C22H26N4O5S. The van der Waals surface area contributed by atoms with E-state index in [0.29, 0.717) is 24.2 Å². The van der Waals surface area contributed by atoms with E-state index >= 15 is 0 Å². The third-order valence-electron chi connectivity index (χ3n) is 5.03. The summed E-state index contributed by atoms with van der Waals surface area (Å²) in [6.07, 6.45) is 2.37. The number of nitrogens with zero attached hydrogens (tertiary/aromatic N) is 3. The first kappa shape index (κ1) is 23.3. The molecule has 2 aromatic carbocycles. The lowest BCUT2D eigenvalue weighted by Gasteiger charge is -2.22. The number of nitrogens with one attached hydrogen (secondary N) is 1. The van der Waals surface area contributed by atoms with E-state index in [2.05, 4.69) is 5.32 Å². The fourth-order valence-corrected chi connectivity index (χ4v) is 4.26. The molecule has 9 nitrogen and oxygen atoms in total. The minimum Gasteiger partial charge on any atom is -0.345 e. The van der Waals surface area contributed by atoms with E-state index < -0.39 is 22.5 Å². The predicted octanol–water partition coefficient (Wildman–Crippen LogP) is 1.92. The number of carbonyl (C=O) groups excluding carboxylic acids is 3. The Morgan fingerprint density at radius 1 is 1.03 bits per heavy atom. The Morgan fingerprint density at radius 3 is 2.16 bits per heavy atom. The van der Waals surface area contributed by atoms with Gasteiger partial charge in [-0.25, -0.2) is 8.42 Å². The molecule has 0 bridgehead atoms. The number of hydrogen-bond donors (Lipinski definition) is 1. The van der Waals surface area contributed by atoms with Crippen molar-refractivity contribution in [2.75, 3.05) is 48.0 Å². The SMILES string of the molecule is CN(C)C(=O)c1ccc(N(CC(=O)Nc2ccc(N3CCCC3=O)cc2)S(C)(=O)=O)cc1. The van der Waals surface area contributed by atoms with Crippen LogP contribution >= 0.6 is 0 Å². The highest BCUT2D eigenvalue weighted by atomic mass is 32.2. The van der Waals surface area contributed by atoms with Gasteiger partial charge in [0.15, 0.2) is 0 Å². The largest absolute Gasteiger partial charge is 0.345 e. The summed E-state index contributed by atoms with van der Waals surface area (Å²) in [7, 11) is -0.498. The van der Waals surface area contributed by atoms with Crippen LogP contribution in [0.4, 0.5) is 17.1 Å². The Kier molecular flexibility index (Phi) is 6.83. The quantitative estimate of drug-likeness (QED) is 0.682. The second kappa shape index (κ2) is 9.39. The number of benzene rings is 2. The van der Waals surface area contributed by atoms with Crippen molar-refractivity contribution >= 4 is 44.8 Å². The molecule has 1 saturated heterocycles. The smallest absolute Gasteiger partial charge is 0.253 e. The van der Waals surface area contributed by atoms with Gasteiger partial charge in [-0.05, 0) is 55.0 Å². The summed E-state index contributed by atoms with van der Waals surface area (Å²) < 4.78 is 25.6. The van der Waals surface area contributed by atoms with Crippen molar-refractivity contribution in [1.29, 1.82) is 0 Å². The predicted molar refractivity (Wildman–Crippen MR) is 123 cm³/mol. The summed E-state index contributed by atoms with van der Waals surface area (Å²) >= 11 is 0. The van der Waals surface area contributed by atoms with Crippen LogP contribution in [0.1, 0.15) is 23.2 Å². The number of hydrogen-bond acceptors (Lipinski definition) is 5. The molecule has 1 fully saturated rings. The summed E-state index contributed by atoms with van der Waals surface area (Å²) in [4.78, 5) is 39.6. The number of carbonyl (C=O) groups is 3. The summed E-state index contributed by atoms with van der Waals surface area (Å²) in [5.74, 6) is -0.656. The zero-order valence-electron chi connectivity index (χ0n) is 18.2. The standard InChI is InChI=1S/C22H26N4O5S/c1-24(2)22(29)16-6-10-19(11-7-16)26(32(3,30)31)15-20(27)23-17-8-12-18(13-9-17)25-14-4-5-21(25)28/h6-13H,4-5,14-15H2,1-3H3,(H,23,27). The Balaban J connectivity index is 1.70. The number of anilines is 3. The number of sulfonamides is 1. The Morgan fingerprint density at radius 2 is 1.66 bits per heavy atom. The molecule has 10 heteroatoms. The molecular weight excluding hydrogens is 432 g/mol. The Bertz CT molecular complexity index is 1110. The van der Waals surface area contributed by atoms with E-state index in [-0.39, 0.29) is 17.5 Å². The highest BCUT2D eigenvalue weighted by Gasteiger charge is 2.23. The van der Waals surface area contributed by atoms with Crippen LogP contribution in [0.5, 0.6) is 0 Å². The molecule has 0 radical (unpaired) electrons. The maximum atomic E-state index is 12.6. The Labute approximate surface area is 187 Å². The van der Waals surface area contributed by atoms with Crippen molar-refractivity contribution < 1.29 is 22.8 Å². The number of rotatable bonds is 7. The van der Waals surface area contributed by atoms with E-state index in [1.165, 1.54) is 29.2 Å². The van der Waals surface area contributed by atoms with Crippen molar-refractivity contribution in [3.05, 3.63) is 54.1 Å². The van der Waals surface area contributed by atoms with E-state index in [0.717, 1.165) is 22.7 Å². The van der Waals surface area contributed by atoms with Crippen molar-refractivity contribution in [3.63, 3.8) is 0 Å². The molecule has 3 rings (SSSR count). The van der Waals surface area contributed by atoms with E-state index in [1.54, 1.807) is 43.3 Å².